The molecule has 0 saturated carbocycles. The quantitative estimate of drug-likeness (QED) is 0.744. The molecule has 0 fully saturated rings. The van der Waals surface area contributed by atoms with Crippen molar-refractivity contribution in [3.63, 3.8) is 0 Å². The van der Waals surface area contributed by atoms with Crippen LogP contribution in [0.2, 0.25) is 0 Å². The fraction of sp³-hybridized carbons (Fsp3) is 0. The second-order valence-electron chi connectivity index (χ2n) is 4.19. The lowest BCUT2D eigenvalue weighted by atomic mass is 10.1. The van der Waals surface area contributed by atoms with Crippen molar-refractivity contribution in [3.8, 4) is 34.0 Å². The summed E-state index contributed by atoms with van der Waals surface area (Å²) in [6.07, 6.45) is 5.92. The molecule has 0 spiro atoms. The summed E-state index contributed by atoms with van der Waals surface area (Å²) in [5.74, 6) is 0.132. The Morgan fingerprint density at radius 1 is 0.700 bits per heavy atom. The van der Waals surface area contributed by atoms with Crippen molar-refractivity contribution >= 4 is 0 Å². The van der Waals surface area contributed by atoms with Gasteiger partial charge in [-0.25, -0.2) is 4.98 Å². The van der Waals surface area contributed by atoms with Crippen LogP contribution in [0.5, 0.6) is 11.5 Å². The van der Waals surface area contributed by atoms with Crippen molar-refractivity contribution in [1.29, 1.82) is 0 Å². The molecule has 5 heteroatoms. The Morgan fingerprint density at radius 3 is 1.65 bits per heavy atom. The third kappa shape index (κ3) is 2.16. The highest BCUT2D eigenvalue weighted by Crippen LogP contribution is 2.30. The largest absolute Gasteiger partial charge is 0.506 e. The summed E-state index contributed by atoms with van der Waals surface area (Å²) in [6, 6.07) is 8.77. The normalized spacial score (nSPS) is 10.4. The van der Waals surface area contributed by atoms with Gasteiger partial charge in [-0.15, -0.1) is 0 Å². The van der Waals surface area contributed by atoms with E-state index in [0.29, 0.717) is 22.5 Å². The minimum Gasteiger partial charge on any atom is -0.506 e. The van der Waals surface area contributed by atoms with Gasteiger partial charge in [0.2, 0.25) is 0 Å². The molecule has 3 heterocycles. The topological polar surface area (TPSA) is 79.1 Å². The molecule has 0 aliphatic heterocycles. The Balaban J connectivity index is 2.12. The van der Waals surface area contributed by atoms with Crippen LogP contribution in [-0.4, -0.2) is 25.2 Å². The van der Waals surface area contributed by atoms with Crippen LogP contribution in [0.1, 0.15) is 0 Å². The number of nitrogens with zero attached hydrogens (tertiary/aromatic N) is 3. The summed E-state index contributed by atoms with van der Waals surface area (Å²) in [5, 5.41) is 19.6. The molecule has 0 aliphatic rings. The lowest BCUT2D eigenvalue weighted by Crippen LogP contribution is -1.89. The van der Waals surface area contributed by atoms with Gasteiger partial charge in [0, 0.05) is 23.5 Å². The fourth-order valence-electron chi connectivity index (χ4n) is 1.94. The Kier molecular flexibility index (Phi) is 3.01. The molecule has 0 radical (unpaired) electrons. The van der Waals surface area contributed by atoms with Gasteiger partial charge in [0.25, 0.3) is 0 Å². The molecule has 3 rings (SSSR count). The van der Waals surface area contributed by atoms with Gasteiger partial charge in [-0.3, -0.25) is 9.97 Å². The highest BCUT2D eigenvalue weighted by molar-refractivity contribution is 5.71. The van der Waals surface area contributed by atoms with E-state index in [2.05, 4.69) is 15.0 Å². The molecule has 0 aromatic carbocycles. The minimum absolute atomic E-state index is 0.0658. The number of pyridine rings is 3. The maximum atomic E-state index is 9.82. The van der Waals surface area contributed by atoms with Gasteiger partial charge in [0.15, 0.2) is 0 Å². The number of rotatable bonds is 2. The average molecular weight is 265 g/mol. The zero-order valence-corrected chi connectivity index (χ0v) is 10.4. The molecule has 3 aromatic rings. The standard InChI is InChI=1S/C15H11N3O2/c19-14-8-16-6-4-10(14)12-2-1-3-13(18-12)11-5-7-17-9-15(11)20/h1-9,19-20H. The summed E-state index contributed by atoms with van der Waals surface area (Å²) in [6.45, 7) is 0. The Hall–Kier alpha value is -2.95. The smallest absolute Gasteiger partial charge is 0.143 e. The Bertz CT molecular complexity index is 699. The number of aromatic nitrogens is 3. The first-order valence-electron chi connectivity index (χ1n) is 5.99. The summed E-state index contributed by atoms with van der Waals surface area (Å²) >= 11 is 0. The average Bonchev–Trinajstić information content (AvgIpc) is 2.48. The van der Waals surface area contributed by atoms with Crippen LogP contribution in [0.4, 0.5) is 0 Å². The van der Waals surface area contributed by atoms with E-state index >= 15 is 0 Å². The molecule has 0 aliphatic carbocycles. The van der Waals surface area contributed by atoms with Crippen molar-refractivity contribution in [2.45, 2.75) is 0 Å². The summed E-state index contributed by atoms with van der Waals surface area (Å²) < 4.78 is 0. The number of aromatic hydroxyl groups is 2. The monoisotopic (exact) mass is 265 g/mol. The Morgan fingerprint density at radius 2 is 1.20 bits per heavy atom. The van der Waals surface area contributed by atoms with Crippen LogP contribution in [-0.2, 0) is 0 Å². The van der Waals surface area contributed by atoms with Crippen LogP contribution >= 0.6 is 0 Å². The number of hydrogen-bond donors (Lipinski definition) is 2. The SMILES string of the molecule is Oc1cnccc1-c1cccc(-c2ccncc2O)n1. The molecule has 2 N–H and O–H groups in total. The first-order chi connectivity index (χ1) is 9.75. The van der Waals surface area contributed by atoms with Gasteiger partial charge in [0.1, 0.15) is 11.5 Å². The van der Waals surface area contributed by atoms with Crippen molar-refractivity contribution in [3.05, 3.63) is 55.1 Å². The molecular formula is C15H11N3O2. The maximum absolute atomic E-state index is 9.82. The van der Waals surface area contributed by atoms with Crippen molar-refractivity contribution in [1.82, 2.24) is 15.0 Å². The van der Waals surface area contributed by atoms with Gasteiger partial charge in [-0.05, 0) is 24.3 Å². The fourth-order valence-corrected chi connectivity index (χ4v) is 1.94. The first kappa shape index (κ1) is 12.1. The predicted molar refractivity (Wildman–Crippen MR) is 74.0 cm³/mol. The molecule has 5 nitrogen and oxygen atoms in total. The van der Waals surface area contributed by atoms with Crippen LogP contribution < -0.4 is 0 Å². The van der Waals surface area contributed by atoms with E-state index in [1.807, 2.05) is 6.07 Å². The molecule has 20 heavy (non-hydrogen) atoms. The second-order valence-corrected chi connectivity index (χ2v) is 4.19. The lowest BCUT2D eigenvalue weighted by molar-refractivity contribution is 0.474. The molecule has 0 unspecified atom stereocenters. The molecule has 0 amide bonds. The maximum Gasteiger partial charge on any atom is 0.143 e. The van der Waals surface area contributed by atoms with Gasteiger partial charge in [-0.1, -0.05) is 6.07 Å². The summed E-state index contributed by atoms with van der Waals surface area (Å²) in [7, 11) is 0. The lowest BCUT2D eigenvalue weighted by Gasteiger charge is -2.07. The predicted octanol–water partition coefficient (Wildman–Crippen LogP) is 2.62. The molecule has 0 bridgehead atoms. The van der Waals surface area contributed by atoms with Gasteiger partial charge in [0.05, 0.1) is 23.8 Å². The van der Waals surface area contributed by atoms with Crippen molar-refractivity contribution in [2.75, 3.05) is 0 Å². The third-order valence-electron chi connectivity index (χ3n) is 2.90. The second kappa shape index (κ2) is 4.97. The zero-order chi connectivity index (χ0) is 13.9. The van der Waals surface area contributed by atoms with Crippen LogP contribution in [0.15, 0.2) is 55.1 Å². The molecular weight excluding hydrogens is 254 g/mol. The minimum atomic E-state index is 0.0658. The van der Waals surface area contributed by atoms with Gasteiger partial charge >= 0.3 is 0 Å². The van der Waals surface area contributed by atoms with E-state index in [9.17, 15) is 10.2 Å². The van der Waals surface area contributed by atoms with Crippen LogP contribution in [0.3, 0.4) is 0 Å². The van der Waals surface area contributed by atoms with Crippen molar-refractivity contribution in [2.24, 2.45) is 0 Å². The van der Waals surface area contributed by atoms with Gasteiger partial charge in [-0.2, -0.15) is 0 Å². The van der Waals surface area contributed by atoms with Crippen molar-refractivity contribution < 1.29 is 10.2 Å². The first-order valence-corrected chi connectivity index (χ1v) is 5.99. The van der Waals surface area contributed by atoms with Gasteiger partial charge < -0.3 is 10.2 Å². The molecule has 0 saturated heterocycles. The van der Waals surface area contributed by atoms with E-state index in [4.69, 9.17) is 0 Å². The third-order valence-corrected chi connectivity index (χ3v) is 2.90. The summed E-state index contributed by atoms with van der Waals surface area (Å²) in [4.78, 5) is 12.1. The van der Waals surface area contributed by atoms with E-state index in [1.54, 1.807) is 36.7 Å². The zero-order valence-electron chi connectivity index (χ0n) is 10.4. The van der Waals surface area contributed by atoms with Crippen LogP contribution in [0, 0.1) is 0 Å². The van der Waals surface area contributed by atoms with E-state index in [0.717, 1.165) is 0 Å². The van der Waals surface area contributed by atoms with E-state index < -0.39 is 0 Å². The number of hydrogen-bond acceptors (Lipinski definition) is 5. The highest BCUT2D eigenvalue weighted by Gasteiger charge is 2.09. The van der Waals surface area contributed by atoms with Crippen LogP contribution in [0.25, 0.3) is 22.5 Å². The molecule has 3 aromatic heterocycles. The van der Waals surface area contributed by atoms with E-state index in [-0.39, 0.29) is 11.5 Å². The molecule has 98 valence electrons. The Labute approximate surface area is 115 Å². The molecule has 0 atom stereocenters. The highest BCUT2D eigenvalue weighted by atomic mass is 16.3. The van der Waals surface area contributed by atoms with E-state index in [1.165, 1.54) is 12.4 Å². The summed E-state index contributed by atoms with van der Waals surface area (Å²) in [5.41, 5.74) is 2.41.